The number of β-amino-alcohol motifs (C(OH)–C–C–N with tert-alkyl or cyclic N) is 1. The molecule has 2 aromatic rings. The molecular weight excluding hydrogens is 374 g/mol. The summed E-state index contributed by atoms with van der Waals surface area (Å²) in [5.41, 5.74) is 1.81. The standard InChI is InChI=1S/C20H21ClF2N2O2/c21-17-10-15(6-7-18(17)23)24-20(27)13-4-5-14(11-22)19(9-13)25-8-2-1-3-16(26)12-25/h4-7,9-10,16,26H,1-3,8,11-12H2,(H,24,27). The Hall–Kier alpha value is -2.18. The fourth-order valence-corrected chi connectivity index (χ4v) is 3.41. The first-order valence-electron chi connectivity index (χ1n) is 8.86. The van der Waals surface area contributed by atoms with Gasteiger partial charge in [0.2, 0.25) is 0 Å². The van der Waals surface area contributed by atoms with Crippen LogP contribution in [0.5, 0.6) is 0 Å². The van der Waals surface area contributed by atoms with Crippen molar-refractivity contribution in [3.8, 4) is 0 Å². The molecule has 2 N–H and O–H groups in total. The Bertz CT molecular complexity index is 832. The zero-order valence-corrected chi connectivity index (χ0v) is 15.5. The number of aliphatic hydroxyl groups excluding tert-OH is 1. The Labute approximate surface area is 161 Å². The van der Waals surface area contributed by atoms with Gasteiger partial charge in [-0.05, 0) is 49.6 Å². The lowest BCUT2D eigenvalue weighted by Gasteiger charge is -2.27. The first kappa shape index (κ1) is 19.6. The molecule has 144 valence electrons. The number of nitrogens with zero attached hydrogens (tertiary/aromatic N) is 1. The molecule has 4 nitrogen and oxygen atoms in total. The van der Waals surface area contributed by atoms with Gasteiger partial charge in [-0.1, -0.05) is 17.7 Å². The third-order valence-corrected chi connectivity index (χ3v) is 4.95. The molecule has 0 bridgehead atoms. The molecule has 1 amide bonds. The lowest BCUT2D eigenvalue weighted by molar-refractivity contribution is 0.102. The molecule has 0 aliphatic carbocycles. The van der Waals surface area contributed by atoms with Gasteiger partial charge < -0.3 is 15.3 Å². The molecule has 7 heteroatoms. The number of anilines is 2. The van der Waals surface area contributed by atoms with Crippen LogP contribution in [0.2, 0.25) is 5.02 Å². The fourth-order valence-electron chi connectivity index (χ4n) is 3.23. The van der Waals surface area contributed by atoms with Gasteiger partial charge in [-0.2, -0.15) is 0 Å². The highest BCUT2D eigenvalue weighted by Gasteiger charge is 2.20. The molecular formula is C20H21ClF2N2O2. The number of carbonyl (C=O) groups excluding carboxylic acids is 1. The van der Waals surface area contributed by atoms with Crippen LogP contribution in [-0.2, 0) is 6.67 Å². The maximum atomic E-state index is 13.5. The number of halogens is 3. The Morgan fingerprint density at radius 2 is 2.07 bits per heavy atom. The predicted octanol–water partition coefficient (Wildman–Crippen LogP) is 4.55. The molecule has 1 fully saturated rings. The summed E-state index contributed by atoms with van der Waals surface area (Å²) in [6.45, 7) is 0.450. The third kappa shape index (κ3) is 4.76. The molecule has 1 heterocycles. The van der Waals surface area contributed by atoms with Gasteiger partial charge in [0, 0.05) is 35.6 Å². The monoisotopic (exact) mass is 394 g/mol. The number of alkyl halides is 1. The van der Waals surface area contributed by atoms with Crippen LogP contribution in [0.25, 0.3) is 0 Å². The minimum absolute atomic E-state index is 0.0835. The van der Waals surface area contributed by atoms with Crippen molar-refractivity contribution in [1.82, 2.24) is 0 Å². The quantitative estimate of drug-likeness (QED) is 0.799. The molecule has 1 aliphatic rings. The molecule has 1 unspecified atom stereocenters. The van der Waals surface area contributed by atoms with Crippen LogP contribution in [0.1, 0.15) is 35.2 Å². The number of hydrogen-bond acceptors (Lipinski definition) is 3. The average Bonchev–Trinajstić information content (AvgIpc) is 2.88. The van der Waals surface area contributed by atoms with Crippen molar-refractivity contribution in [2.75, 3.05) is 23.3 Å². The maximum absolute atomic E-state index is 13.5. The summed E-state index contributed by atoms with van der Waals surface area (Å²) in [6.07, 6.45) is 2.05. The van der Waals surface area contributed by atoms with Crippen molar-refractivity contribution in [2.24, 2.45) is 0 Å². The van der Waals surface area contributed by atoms with Gasteiger partial charge in [-0.25, -0.2) is 8.78 Å². The number of amides is 1. The van der Waals surface area contributed by atoms with Gasteiger partial charge in [0.1, 0.15) is 12.5 Å². The van der Waals surface area contributed by atoms with Crippen molar-refractivity contribution in [1.29, 1.82) is 0 Å². The molecule has 1 aliphatic heterocycles. The van der Waals surface area contributed by atoms with Gasteiger partial charge >= 0.3 is 0 Å². The molecule has 0 radical (unpaired) electrons. The molecule has 0 aromatic heterocycles. The molecule has 0 spiro atoms. The highest BCUT2D eigenvalue weighted by atomic mass is 35.5. The summed E-state index contributed by atoms with van der Waals surface area (Å²) >= 11 is 5.74. The highest BCUT2D eigenvalue weighted by molar-refractivity contribution is 6.31. The van der Waals surface area contributed by atoms with E-state index in [9.17, 15) is 18.7 Å². The molecule has 2 aromatic carbocycles. The van der Waals surface area contributed by atoms with E-state index in [0.717, 1.165) is 12.8 Å². The van der Waals surface area contributed by atoms with Crippen LogP contribution in [0, 0.1) is 5.82 Å². The summed E-state index contributed by atoms with van der Waals surface area (Å²) < 4.78 is 26.7. The number of benzene rings is 2. The summed E-state index contributed by atoms with van der Waals surface area (Å²) in [4.78, 5) is 14.5. The van der Waals surface area contributed by atoms with E-state index in [1.807, 2.05) is 4.90 Å². The van der Waals surface area contributed by atoms with E-state index in [4.69, 9.17) is 11.6 Å². The van der Waals surface area contributed by atoms with Gasteiger partial charge in [-0.15, -0.1) is 0 Å². The second-order valence-electron chi connectivity index (χ2n) is 6.66. The molecule has 0 saturated carbocycles. The van der Waals surface area contributed by atoms with Gasteiger partial charge in [0.25, 0.3) is 5.91 Å². The number of nitrogens with one attached hydrogen (secondary N) is 1. The van der Waals surface area contributed by atoms with Crippen LogP contribution in [0.3, 0.4) is 0 Å². The van der Waals surface area contributed by atoms with E-state index in [0.29, 0.717) is 42.0 Å². The second kappa shape index (κ2) is 8.67. The van der Waals surface area contributed by atoms with Crippen molar-refractivity contribution >= 4 is 28.9 Å². The zero-order chi connectivity index (χ0) is 19.4. The van der Waals surface area contributed by atoms with Crippen molar-refractivity contribution in [3.05, 3.63) is 58.4 Å². The lowest BCUT2D eigenvalue weighted by Crippen LogP contribution is -2.31. The average molecular weight is 395 g/mol. The summed E-state index contributed by atoms with van der Waals surface area (Å²) in [5.74, 6) is -0.969. The number of rotatable bonds is 4. The SMILES string of the molecule is O=C(Nc1ccc(F)c(Cl)c1)c1ccc(CF)c(N2CCCCC(O)C2)c1. The lowest BCUT2D eigenvalue weighted by atomic mass is 10.1. The minimum atomic E-state index is -0.655. The molecule has 3 rings (SSSR count). The summed E-state index contributed by atoms with van der Waals surface area (Å²) in [5, 5.41) is 12.6. The summed E-state index contributed by atoms with van der Waals surface area (Å²) in [7, 11) is 0. The van der Waals surface area contributed by atoms with Crippen LogP contribution in [0.15, 0.2) is 36.4 Å². The smallest absolute Gasteiger partial charge is 0.255 e. The van der Waals surface area contributed by atoms with Gasteiger partial charge in [-0.3, -0.25) is 4.79 Å². The first-order valence-corrected chi connectivity index (χ1v) is 9.24. The Balaban J connectivity index is 1.85. The second-order valence-corrected chi connectivity index (χ2v) is 7.06. The normalized spacial score (nSPS) is 17.5. The first-order chi connectivity index (χ1) is 13.0. The van der Waals surface area contributed by atoms with E-state index < -0.39 is 24.5 Å². The molecule has 1 atom stereocenters. The Kier molecular flexibility index (Phi) is 6.29. The molecule has 1 saturated heterocycles. The van der Waals surface area contributed by atoms with E-state index in [2.05, 4.69) is 5.32 Å². The number of hydrogen-bond donors (Lipinski definition) is 2. The van der Waals surface area contributed by atoms with Crippen molar-refractivity contribution < 1.29 is 18.7 Å². The zero-order valence-electron chi connectivity index (χ0n) is 14.7. The predicted molar refractivity (Wildman–Crippen MR) is 103 cm³/mol. The van der Waals surface area contributed by atoms with E-state index >= 15 is 0 Å². The van der Waals surface area contributed by atoms with E-state index in [1.54, 1.807) is 18.2 Å². The van der Waals surface area contributed by atoms with Crippen LogP contribution in [0.4, 0.5) is 20.2 Å². The minimum Gasteiger partial charge on any atom is -0.391 e. The van der Waals surface area contributed by atoms with Gasteiger partial charge in [0.15, 0.2) is 0 Å². The fraction of sp³-hybridized carbons (Fsp3) is 0.350. The van der Waals surface area contributed by atoms with Crippen molar-refractivity contribution in [3.63, 3.8) is 0 Å². The molecule has 27 heavy (non-hydrogen) atoms. The van der Waals surface area contributed by atoms with Crippen LogP contribution in [-0.4, -0.2) is 30.2 Å². The topological polar surface area (TPSA) is 52.6 Å². The van der Waals surface area contributed by atoms with E-state index in [-0.39, 0.29) is 5.02 Å². The van der Waals surface area contributed by atoms with Crippen molar-refractivity contribution in [2.45, 2.75) is 32.0 Å². The van der Waals surface area contributed by atoms with E-state index in [1.165, 1.54) is 18.2 Å². The summed E-state index contributed by atoms with van der Waals surface area (Å²) in [6, 6.07) is 8.69. The van der Waals surface area contributed by atoms with Gasteiger partial charge in [0.05, 0.1) is 11.1 Å². The number of aliphatic hydroxyl groups is 1. The van der Waals surface area contributed by atoms with Crippen LogP contribution >= 0.6 is 11.6 Å². The Morgan fingerprint density at radius 3 is 2.81 bits per heavy atom. The largest absolute Gasteiger partial charge is 0.391 e. The third-order valence-electron chi connectivity index (χ3n) is 4.66. The highest BCUT2D eigenvalue weighted by Crippen LogP contribution is 2.27. The Morgan fingerprint density at radius 1 is 1.26 bits per heavy atom. The van der Waals surface area contributed by atoms with Crippen LogP contribution < -0.4 is 10.2 Å². The maximum Gasteiger partial charge on any atom is 0.255 e. The number of carbonyl (C=O) groups is 1.